The first-order valence-corrected chi connectivity index (χ1v) is 5.52. The molecule has 0 fully saturated rings. The number of pyridine rings is 1. The maximum Gasteiger partial charge on any atom is 0.0712 e. The lowest BCUT2D eigenvalue weighted by Crippen LogP contribution is -1.88. The van der Waals surface area contributed by atoms with Crippen LogP contribution in [0.4, 0.5) is 0 Å². The van der Waals surface area contributed by atoms with Gasteiger partial charge in [0.1, 0.15) is 0 Å². The van der Waals surface area contributed by atoms with E-state index in [-0.39, 0.29) is 0 Å². The zero-order valence-corrected chi connectivity index (χ0v) is 10.6. The van der Waals surface area contributed by atoms with E-state index >= 15 is 0 Å². The highest BCUT2D eigenvalue weighted by molar-refractivity contribution is 5.80. The second-order valence-corrected chi connectivity index (χ2v) is 2.60. The molecule has 0 aliphatic rings. The van der Waals surface area contributed by atoms with Crippen molar-refractivity contribution >= 4 is 10.9 Å². The lowest BCUT2D eigenvalue weighted by Gasteiger charge is -1.89. The Morgan fingerprint density at radius 3 is 2.27 bits per heavy atom. The van der Waals surface area contributed by atoms with Crippen molar-refractivity contribution in [3.05, 3.63) is 24.2 Å². The minimum absolute atomic E-state index is 1.04. The summed E-state index contributed by atoms with van der Waals surface area (Å²) >= 11 is 0. The monoisotopic (exact) mass is 207 g/mol. The van der Waals surface area contributed by atoms with E-state index in [9.17, 15) is 0 Å². The van der Waals surface area contributed by atoms with E-state index < -0.39 is 0 Å². The van der Waals surface area contributed by atoms with Gasteiger partial charge in [0.25, 0.3) is 0 Å². The van der Waals surface area contributed by atoms with Gasteiger partial charge in [-0.15, -0.1) is 0 Å². The van der Waals surface area contributed by atoms with Crippen molar-refractivity contribution in [3.8, 4) is 0 Å². The minimum atomic E-state index is 1.04. The van der Waals surface area contributed by atoms with E-state index in [4.69, 9.17) is 0 Å². The molecule has 0 bridgehead atoms. The van der Waals surface area contributed by atoms with E-state index in [0.717, 1.165) is 16.6 Å². The van der Waals surface area contributed by atoms with Crippen LogP contribution in [0.5, 0.6) is 0 Å². The average Bonchev–Trinajstić information content (AvgIpc) is 2.61. The Hall–Kier alpha value is -1.38. The molecule has 0 atom stereocenters. The van der Waals surface area contributed by atoms with Crippen LogP contribution in [-0.4, -0.2) is 14.8 Å². The van der Waals surface area contributed by atoms with E-state index in [1.807, 2.05) is 58.6 Å². The summed E-state index contributed by atoms with van der Waals surface area (Å²) in [4.78, 5) is 4.03. The second kappa shape index (κ2) is 6.98. The molecule has 0 unspecified atom stereocenters. The summed E-state index contributed by atoms with van der Waals surface area (Å²) in [5, 5.41) is 5.40. The van der Waals surface area contributed by atoms with Gasteiger partial charge in [0.2, 0.25) is 0 Å². The van der Waals surface area contributed by atoms with Gasteiger partial charge in [-0.05, 0) is 13.0 Å². The van der Waals surface area contributed by atoms with Crippen molar-refractivity contribution in [2.75, 3.05) is 0 Å². The zero-order chi connectivity index (χ0) is 11.8. The van der Waals surface area contributed by atoms with Crippen molar-refractivity contribution in [2.45, 2.75) is 34.6 Å². The number of rotatable bonds is 0. The van der Waals surface area contributed by atoms with Gasteiger partial charge >= 0.3 is 0 Å². The molecule has 84 valence electrons. The fraction of sp³-hybridized carbons (Fsp3) is 0.500. The largest absolute Gasteiger partial charge is 0.268 e. The molecule has 2 aromatic heterocycles. The zero-order valence-electron chi connectivity index (χ0n) is 10.6. The van der Waals surface area contributed by atoms with Crippen LogP contribution in [0.1, 0.15) is 33.4 Å². The Kier molecular flexibility index (Phi) is 6.34. The Balaban J connectivity index is 0.000000442. The molecule has 0 aliphatic heterocycles. The lowest BCUT2D eigenvalue weighted by molar-refractivity contribution is 0.783. The van der Waals surface area contributed by atoms with Gasteiger partial charge in [-0.2, -0.15) is 5.10 Å². The molecule has 3 heteroatoms. The molecule has 0 aliphatic carbocycles. The van der Waals surface area contributed by atoms with E-state index in [1.54, 1.807) is 6.20 Å². The molecule has 0 N–H and O–H groups in total. The molecule has 0 saturated carbocycles. The standard InChI is InChI=1S/C8H9N3.2C2H6/c1-6-7-5-9-4-3-8(7)11(2)10-6;2*1-2/h3-5H,1-2H3;2*1-2H3. The van der Waals surface area contributed by atoms with Crippen molar-refractivity contribution in [3.63, 3.8) is 0 Å². The third kappa shape index (κ3) is 3.05. The molecule has 0 spiro atoms. The first-order valence-electron chi connectivity index (χ1n) is 5.52. The second-order valence-electron chi connectivity index (χ2n) is 2.60. The van der Waals surface area contributed by atoms with Gasteiger partial charge in [-0.3, -0.25) is 9.67 Å². The molecule has 2 heterocycles. The summed E-state index contributed by atoms with van der Waals surface area (Å²) in [5.41, 5.74) is 2.17. The molecule has 0 aromatic carbocycles. The highest BCUT2D eigenvalue weighted by Gasteiger charge is 2.01. The Morgan fingerprint density at radius 1 is 1.13 bits per heavy atom. The van der Waals surface area contributed by atoms with E-state index in [1.165, 1.54) is 0 Å². The van der Waals surface area contributed by atoms with Crippen LogP contribution in [0, 0.1) is 6.92 Å². The molecular weight excluding hydrogens is 186 g/mol. The third-order valence-electron chi connectivity index (χ3n) is 1.84. The first kappa shape index (κ1) is 13.6. The van der Waals surface area contributed by atoms with Crippen molar-refractivity contribution in [1.82, 2.24) is 14.8 Å². The van der Waals surface area contributed by atoms with Crippen LogP contribution in [0.2, 0.25) is 0 Å². The number of aromatic nitrogens is 3. The SMILES string of the molecule is CC.CC.Cc1nn(C)c2ccncc12. The van der Waals surface area contributed by atoms with Crippen LogP contribution in [0.3, 0.4) is 0 Å². The normalized spacial score (nSPS) is 8.67. The number of nitrogens with zero attached hydrogens (tertiary/aromatic N) is 3. The summed E-state index contributed by atoms with van der Waals surface area (Å²) in [6, 6.07) is 1.97. The van der Waals surface area contributed by atoms with E-state index in [2.05, 4.69) is 10.1 Å². The Morgan fingerprint density at radius 2 is 1.73 bits per heavy atom. The summed E-state index contributed by atoms with van der Waals surface area (Å²) < 4.78 is 1.87. The molecule has 2 aromatic rings. The molecule has 0 radical (unpaired) electrons. The highest BCUT2D eigenvalue weighted by atomic mass is 15.3. The van der Waals surface area contributed by atoms with Crippen LogP contribution in [-0.2, 0) is 7.05 Å². The van der Waals surface area contributed by atoms with Gasteiger partial charge in [0.05, 0.1) is 11.2 Å². The fourth-order valence-electron chi connectivity index (χ4n) is 1.28. The summed E-state index contributed by atoms with van der Waals surface area (Å²) in [6.45, 7) is 9.99. The lowest BCUT2D eigenvalue weighted by atomic mass is 10.3. The maximum atomic E-state index is 4.27. The number of hydrogen-bond donors (Lipinski definition) is 0. The summed E-state index contributed by atoms with van der Waals surface area (Å²) in [6.07, 6.45) is 3.63. The quantitative estimate of drug-likeness (QED) is 0.663. The highest BCUT2D eigenvalue weighted by Crippen LogP contribution is 2.14. The van der Waals surface area contributed by atoms with Crippen molar-refractivity contribution in [1.29, 1.82) is 0 Å². The molecule has 0 saturated heterocycles. The van der Waals surface area contributed by atoms with Gasteiger partial charge in [0.15, 0.2) is 0 Å². The molecule has 15 heavy (non-hydrogen) atoms. The molecule has 0 amide bonds. The van der Waals surface area contributed by atoms with Gasteiger partial charge < -0.3 is 0 Å². The van der Waals surface area contributed by atoms with Crippen LogP contribution >= 0.6 is 0 Å². The minimum Gasteiger partial charge on any atom is -0.268 e. The maximum absolute atomic E-state index is 4.27. The van der Waals surface area contributed by atoms with Gasteiger partial charge in [0, 0.05) is 24.8 Å². The van der Waals surface area contributed by atoms with E-state index in [0.29, 0.717) is 0 Å². The Labute approximate surface area is 92.1 Å². The molecular formula is C12H21N3. The molecule has 2 rings (SSSR count). The van der Waals surface area contributed by atoms with Crippen LogP contribution in [0.15, 0.2) is 18.5 Å². The average molecular weight is 207 g/mol. The van der Waals surface area contributed by atoms with Crippen molar-refractivity contribution in [2.24, 2.45) is 7.05 Å². The number of aryl methyl sites for hydroxylation is 2. The predicted octanol–water partition coefficient (Wildman–Crippen LogP) is 3.33. The summed E-state index contributed by atoms with van der Waals surface area (Å²) in [7, 11) is 1.94. The van der Waals surface area contributed by atoms with Crippen LogP contribution < -0.4 is 0 Å². The van der Waals surface area contributed by atoms with Gasteiger partial charge in [-0.25, -0.2) is 0 Å². The topological polar surface area (TPSA) is 30.7 Å². The number of fused-ring (bicyclic) bond motifs is 1. The third-order valence-corrected chi connectivity index (χ3v) is 1.84. The fourth-order valence-corrected chi connectivity index (χ4v) is 1.28. The smallest absolute Gasteiger partial charge is 0.0712 e. The van der Waals surface area contributed by atoms with Crippen molar-refractivity contribution < 1.29 is 0 Å². The Bertz CT molecular complexity index is 355. The first-order chi connectivity index (χ1) is 7.29. The summed E-state index contributed by atoms with van der Waals surface area (Å²) in [5.74, 6) is 0. The predicted molar refractivity (Wildman–Crippen MR) is 65.9 cm³/mol. The molecule has 3 nitrogen and oxygen atoms in total. The van der Waals surface area contributed by atoms with Crippen LogP contribution in [0.25, 0.3) is 10.9 Å². The number of hydrogen-bond acceptors (Lipinski definition) is 2. The van der Waals surface area contributed by atoms with Gasteiger partial charge in [-0.1, -0.05) is 27.7 Å².